The van der Waals surface area contributed by atoms with Gasteiger partial charge in [0.25, 0.3) is 0 Å². The van der Waals surface area contributed by atoms with Crippen molar-refractivity contribution >= 4 is 10.9 Å². The fraction of sp³-hybridized carbons (Fsp3) is 0.429. The van der Waals surface area contributed by atoms with Gasteiger partial charge in [-0.25, -0.2) is 0 Å². The first kappa shape index (κ1) is 12.0. The molecule has 0 aliphatic rings. The van der Waals surface area contributed by atoms with E-state index in [0.29, 0.717) is 12.5 Å². The van der Waals surface area contributed by atoms with Crippen molar-refractivity contribution in [2.24, 2.45) is 12.8 Å². The number of nitrogens with zero attached hydrogens (tertiary/aromatic N) is 1. The van der Waals surface area contributed by atoms with Gasteiger partial charge < -0.3 is 15.0 Å². The number of hydrogen-bond acceptors (Lipinski definition) is 2. The van der Waals surface area contributed by atoms with Crippen molar-refractivity contribution < 1.29 is 4.74 Å². The minimum atomic E-state index is 0.382. The van der Waals surface area contributed by atoms with Crippen molar-refractivity contribution in [1.29, 1.82) is 0 Å². The van der Waals surface area contributed by atoms with Crippen LogP contribution < -0.4 is 10.5 Å². The Bertz CT molecular complexity index is 543. The topological polar surface area (TPSA) is 40.2 Å². The molecule has 92 valence electrons. The lowest BCUT2D eigenvalue weighted by Gasteiger charge is -2.09. The fourth-order valence-electron chi connectivity index (χ4n) is 2.44. The SMILES string of the molecule is COc1ccc2c(C(C)CN)c(C)n(C)c2c1. The number of methoxy groups -OCH3 is 1. The van der Waals surface area contributed by atoms with Gasteiger partial charge in [-0.1, -0.05) is 6.92 Å². The maximum absolute atomic E-state index is 5.80. The number of aryl methyl sites for hydroxylation is 1. The average Bonchev–Trinajstić information content (AvgIpc) is 2.61. The van der Waals surface area contributed by atoms with E-state index in [1.807, 2.05) is 6.07 Å². The minimum absolute atomic E-state index is 0.382. The number of aromatic nitrogens is 1. The Morgan fingerprint density at radius 3 is 2.71 bits per heavy atom. The number of nitrogens with two attached hydrogens (primary N) is 1. The van der Waals surface area contributed by atoms with Gasteiger partial charge in [0.1, 0.15) is 5.75 Å². The second-order valence-electron chi connectivity index (χ2n) is 4.58. The molecule has 3 heteroatoms. The van der Waals surface area contributed by atoms with Crippen LogP contribution in [-0.4, -0.2) is 18.2 Å². The zero-order valence-corrected chi connectivity index (χ0v) is 10.9. The summed E-state index contributed by atoms with van der Waals surface area (Å²) in [5.41, 5.74) is 9.64. The molecule has 0 spiro atoms. The van der Waals surface area contributed by atoms with Gasteiger partial charge in [0, 0.05) is 24.2 Å². The molecular formula is C14H20N2O. The summed E-state index contributed by atoms with van der Waals surface area (Å²) < 4.78 is 7.48. The molecule has 2 N–H and O–H groups in total. The molecule has 0 saturated heterocycles. The lowest BCUT2D eigenvalue weighted by molar-refractivity contribution is 0.415. The van der Waals surface area contributed by atoms with Gasteiger partial charge in [0.05, 0.1) is 12.6 Å². The van der Waals surface area contributed by atoms with Gasteiger partial charge in [-0.3, -0.25) is 0 Å². The van der Waals surface area contributed by atoms with Gasteiger partial charge >= 0.3 is 0 Å². The zero-order valence-electron chi connectivity index (χ0n) is 10.9. The molecule has 2 aromatic rings. The van der Waals surface area contributed by atoms with Crippen molar-refractivity contribution in [2.45, 2.75) is 19.8 Å². The highest BCUT2D eigenvalue weighted by Gasteiger charge is 2.16. The van der Waals surface area contributed by atoms with Crippen LogP contribution in [0, 0.1) is 6.92 Å². The van der Waals surface area contributed by atoms with E-state index in [1.165, 1.54) is 22.2 Å². The predicted molar refractivity (Wildman–Crippen MR) is 71.7 cm³/mol. The lowest BCUT2D eigenvalue weighted by atomic mass is 9.98. The third kappa shape index (κ3) is 1.80. The van der Waals surface area contributed by atoms with Gasteiger partial charge in [-0.2, -0.15) is 0 Å². The van der Waals surface area contributed by atoms with E-state index >= 15 is 0 Å². The Morgan fingerprint density at radius 1 is 1.41 bits per heavy atom. The Morgan fingerprint density at radius 2 is 2.12 bits per heavy atom. The highest BCUT2D eigenvalue weighted by atomic mass is 16.5. The molecule has 0 aliphatic heterocycles. The average molecular weight is 232 g/mol. The Balaban J connectivity index is 2.73. The molecule has 2 rings (SSSR count). The number of fused-ring (bicyclic) bond motifs is 1. The van der Waals surface area contributed by atoms with Crippen LogP contribution in [0.1, 0.15) is 24.1 Å². The smallest absolute Gasteiger partial charge is 0.120 e. The van der Waals surface area contributed by atoms with E-state index in [2.05, 4.69) is 37.6 Å². The molecule has 17 heavy (non-hydrogen) atoms. The first-order chi connectivity index (χ1) is 8.10. The molecule has 0 bridgehead atoms. The summed E-state index contributed by atoms with van der Waals surface area (Å²) in [6.07, 6.45) is 0. The summed E-state index contributed by atoms with van der Waals surface area (Å²) in [6, 6.07) is 6.21. The van der Waals surface area contributed by atoms with E-state index < -0.39 is 0 Å². The minimum Gasteiger partial charge on any atom is -0.497 e. The van der Waals surface area contributed by atoms with Crippen molar-refractivity contribution in [3.8, 4) is 5.75 Å². The van der Waals surface area contributed by atoms with Crippen LogP contribution in [0.25, 0.3) is 10.9 Å². The van der Waals surface area contributed by atoms with E-state index in [0.717, 1.165) is 5.75 Å². The number of ether oxygens (including phenoxy) is 1. The number of hydrogen-bond donors (Lipinski definition) is 1. The Kier molecular flexibility index (Phi) is 3.11. The molecule has 1 aromatic carbocycles. The largest absolute Gasteiger partial charge is 0.497 e. The Labute approximate surface area is 102 Å². The summed E-state index contributed by atoms with van der Waals surface area (Å²) >= 11 is 0. The third-order valence-electron chi connectivity index (χ3n) is 3.60. The Hall–Kier alpha value is -1.48. The summed E-state index contributed by atoms with van der Waals surface area (Å²) in [6.45, 7) is 4.99. The molecule has 3 nitrogen and oxygen atoms in total. The van der Waals surface area contributed by atoms with Crippen molar-refractivity contribution in [2.75, 3.05) is 13.7 Å². The molecule has 0 radical (unpaired) electrons. The van der Waals surface area contributed by atoms with E-state index in [-0.39, 0.29) is 0 Å². The number of rotatable bonds is 3. The first-order valence-corrected chi connectivity index (χ1v) is 5.93. The van der Waals surface area contributed by atoms with Gasteiger partial charge in [-0.15, -0.1) is 0 Å². The van der Waals surface area contributed by atoms with Crippen molar-refractivity contribution in [1.82, 2.24) is 4.57 Å². The standard InChI is InChI=1S/C14H20N2O/c1-9(8-15)14-10(2)16(3)13-7-11(17-4)5-6-12(13)14/h5-7,9H,8,15H2,1-4H3. The van der Waals surface area contributed by atoms with Crippen LogP contribution in [0.5, 0.6) is 5.75 Å². The molecule has 0 saturated carbocycles. The van der Waals surface area contributed by atoms with Crippen LogP contribution in [-0.2, 0) is 7.05 Å². The molecule has 1 aromatic heterocycles. The summed E-state index contributed by atoms with van der Waals surface area (Å²) in [5.74, 6) is 1.28. The van der Waals surface area contributed by atoms with Gasteiger partial charge in [-0.05, 0) is 37.1 Å². The normalized spacial score (nSPS) is 13.0. The van der Waals surface area contributed by atoms with Crippen LogP contribution in [0.3, 0.4) is 0 Å². The lowest BCUT2D eigenvalue weighted by Crippen LogP contribution is -2.09. The van der Waals surface area contributed by atoms with Crippen molar-refractivity contribution in [3.05, 3.63) is 29.5 Å². The molecule has 0 aliphatic carbocycles. The zero-order chi connectivity index (χ0) is 12.6. The quantitative estimate of drug-likeness (QED) is 0.883. The van der Waals surface area contributed by atoms with Crippen LogP contribution in [0.15, 0.2) is 18.2 Å². The van der Waals surface area contributed by atoms with Crippen LogP contribution in [0.4, 0.5) is 0 Å². The van der Waals surface area contributed by atoms with Crippen LogP contribution >= 0.6 is 0 Å². The molecule has 1 heterocycles. The van der Waals surface area contributed by atoms with Gasteiger partial charge in [0.2, 0.25) is 0 Å². The monoisotopic (exact) mass is 232 g/mol. The van der Waals surface area contributed by atoms with E-state index in [1.54, 1.807) is 7.11 Å². The first-order valence-electron chi connectivity index (χ1n) is 5.93. The fourth-order valence-corrected chi connectivity index (χ4v) is 2.44. The summed E-state index contributed by atoms with van der Waals surface area (Å²) in [7, 11) is 3.78. The van der Waals surface area contributed by atoms with Crippen molar-refractivity contribution in [3.63, 3.8) is 0 Å². The number of benzene rings is 1. The maximum atomic E-state index is 5.80. The molecule has 1 unspecified atom stereocenters. The second-order valence-corrected chi connectivity index (χ2v) is 4.58. The molecule has 0 amide bonds. The molecule has 0 fully saturated rings. The highest BCUT2D eigenvalue weighted by Crippen LogP contribution is 2.32. The summed E-state index contributed by atoms with van der Waals surface area (Å²) in [5, 5.41) is 1.28. The third-order valence-corrected chi connectivity index (χ3v) is 3.60. The van der Waals surface area contributed by atoms with Gasteiger partial charge in [0.15, 0.2) is 0 Å². The molecule has 1 atom stereocenters. The highest BCUT2D eigenvalue weighted by molar-refractivity contribution is 5.87. The van der Waals surface area contributed by atoms with E-state index in [9.17, 15) is 0 Å². The van der Waals surface area contributed by atoms with Crippen LogP contribution in [0.2, 0.25) is 0 Å². The second kappa shape index (κ2) is 4.41. The molecular weight excluding hydrogens is 212 g/mol. The summed E-state index contributed by atoms with van der Waals surface area (Å²) in [4.78, 5) is 0. The maximum Gasteiger partial charge on any atom is 0.120 e. The predicted octanol–water partition coefficient (Wildman–Crippen LogP) is 2.56. The van der Waals surface area contributed by atoms with E-state index in [4.69, 9.17) is 10.5 Å².